The SMILES string of the molecule is CSC(C)(C)CN=C(N)N1CCN(c2ccc(Cl)cc2)CC1.I. The minimum absolute atomic E-state index is 0. The molecule has 0 atom stereocenters. The molecule has 0 aromatic heterocycles. The smallest absolute Gasteiger partial charge is 0.191 e. The lowest BCUT2D eigenvalue weighted by molar-refractivity contribution is 0.380. The van der Waals surface area contributed by atoms with Crippen LogP contribution in [0.4, 0.5) is 5.69 Å². The lowest BCUT2D eigenvalue weighted by atomic mass is 10.2. The number of benzene rings is 1. The Morgan fingerprint density at radius 1 is 1.22 bits per heavy atom. The molecule has 7 heteroatoms. The van der Waals surface area contributed by atoms with Crippen molar-refractivity contribution in [3.8, 4) is 0 Å². The summed E-state index contributed by atoms with van der Waals surface area (Å²) in [4.78, 5) is 9.09. The monoisotopic (exact) mass is 468 g/mol. The molecule has 0 spiro atoms. The Balaban J connectivity index is 0.00000264. The number of hydrogen-bond acceptors (Lipinski definition) is 3. The number of nitrogens with two attached hydrogens (primary N) is 1. The van der Waals surface area contributed by atoms with Crippen LogP contribution in [0.2, 0.25) is 5.02 Å². The summed E-state index contributed by atoms with van der Waals surface area (Å²) in [5, 5.41) is 0.773. The van der Waals surface area contributed by atoms with E-state index in [2.05, 4.69) is 47.0 Å². The molecule has 1 heterocycles. The summed E-state index contributed by atoms with van der Waals surface area (Å²) in [7, 11) is 0. The molecule has 0 bridgehead atoms. The third-order valence-corrected chi connectivity index (χ3v) is 5.46. The van der Waals surface area contributed by atoms with Crippen molar-refractivity contribution in [2.45, 2.75) is 18.6 Å². The average Bonchev–Trinajstić information content (AvgIpc) is 2.54. The molecule has 0 saturated carbocycles. The molecule has 1 aliphatic heterocycles. The second-order valence-corrected chi connectivity index (χ2v) is 8.04. The van der Waals surface area contributed by atoms with Gasteiger partial charge in [-0.05, 0) is 44.4 Å². The second-order valence-electron chi connectivity index (χ2n) is 6.09. The van der Waals surface area contributed by atoms with E-state index in [1.165, 1.54) is 5.69 Å². The van der Waals surface area contributed by atoms with Gasteiger partial charge in [0.05, 0.1) is 6.54 Å². The first-order chi connectivity index (χ1) is 10.4. The molecule has 0 aliphatic carbocycles. The van der Waals surface area contributed by atoms with E-state index < -0.39 is 0 Å². The fraction of sp³-hybridized carbons (Fsp3) is 0.562. The van der Waals surface area contributed by atoms with Crippen molar-refractivity contribution in [2.24, 2.45) is 10.7 Å². The molecule has 1 fully saturated rings. The normalized spacial score (nSPS) is 16.3. The van der Waals surface area contributed by atoms with Gasteiger partial charge in [-0.15, -0.1) is 24.0 Å². The maximum atomic E-state index is 6.15. The highest BCUT2D eigenvalue weighted by Crippen LogP contribution is 2.22. The molecular weight excluding hydrogens is 443 g/mol. The fourth-order valence-electron chi connectivity index (χ4n) is 2.28. The average molecular weight is 469 g/mol. The first-order valence-corrected chi connectivity index (χ1v) is 9.12. The van der Waals surface area contributed by atoms with E-state index in [0.29, 0.717) is 5.96 Å². The van der Waals surface area contributed by atoms with E-state index >= 15 is 0 Å². The maximum absolute atomic E-state index is 6.15. The number of nitrogens with zero attached hydrogens (tertiary/aromatic N) is 3. The standard InChI is InChI=1S/C16H25ClN4S.HI/c1-16(2,22-3)12-19-15(18)21-10-8-20(9-11-21)14-6-4-13(17)5-7-14;/h4-7H,8-12H2,1-3H3,(H2,18,19);1H. The zero-order valence-electron chi connectivity index (χ0n) is 14.0. The Bertz CT molecular complexity index is 513. The van der Waals surface area contributed by atoms with E-state index in [1.54, 1.807) is 0 Å². The molecule has 0 amide bonds. The predicted molar refractivity (Wildman–Crippen MR) is 115 cm³/mol. The van der Waals surface area contributed by atoms with Crippen molar-refractivity contribution in [1.29, 1.82) is 0 Å². The summed E-state index contributed by atoms with van der Waals surface area (Å²) in [6.07, 6.45) is 2.11. The van der Waals surface area contributed by atoms with Gasteiger partial charge in [0.15, 0.2) is 5.96 Å². The van der Waals surface area contributed by atoms with E-state index in [1.807, 2.05) is 23.9 Å². The maximum Gasteiger partial charge on any atom is 0.191 e. The van der Waals surface area contributed by atoms with Crippen molar-refractivity contribution in [1.82, 2.24) is 4.90 Å². The molecule has 1 saturated heterocycles. The van der Waals surface area contributed by atoms with E-state index in [9.17, 15) is 0 Å². The molecule has 130 valence electrons. The van der Waals surface area contributed by atoms with Crippen molar-refractivity contribution >= 4 is 59.0 Å². The topological polar surface area (TPSA) is 44.9 Å². The fourth-order valence-corrected chi connectivity index (χ4v) is 2.60. The van der Waals surface area contributed by atoms with Gasteiger partial charge < -0.3 is 15.5 Å². The molecule has 1 aromatic rings. The second kappa shape index (κ2) is 9.22. The van der Waals surface area contributed by atoms with Crippen molar-refractivity contribution in [3.63, 3.8) is 0 Å². The summed E-state index contributed by atoms with van der Waals surface area (Å²) in [6, 6.07) is 8.00. The van der Waals surface area contributed by atoms with Crippen LogP contribution in [0.5, 0.6) is 0 Å². The highest BCUT2D eigenvalue weighted by Gasteiger charge is 2.20. The van der Waals surface area contributed by atoms with Crippen LogP contribution in [-0.4, -0.2) is 54.6 Å². The van der Waals surface area contributed by atoms with Crippen LogP contribution in [0.15, 0.2) is 29.3 Å². The number of aliphatic imine (C=N–C) groups is 1. The molecule has 1 aromatic carbocycles. The van der Waals surface area contributed by atoms with Crippen LogP contribution >= 0.6 is 47.3 Å². The summed E-state index contributed by atoms with van der Waals surface area (Å²) < 4.78 is 0.135. The van der Waals surface area contributed by atoms with E-state index in [4.69, 9.17) is 17.3 Å². The minimum atomic E-state index is 0. The Kier molecular flexibility index (Phi) is 8.30. The van der Waals surface area contributed by atoms with Gasteiger partial charge >= 0.3 is 0 Å². The van der Waals surface area contributed by atoms with Crippen LogP contribution in [0.25, 0.3) is 0 Å². The van der Waals surface area contributed by atoms with Crippen LogP contribution < -0.4 is 10.6 Å². The number of rotatable bonds is 4. The van der Waals surface area contributed by atoms with Crippen molar-refractivity contribution in [3.05, 3.63) is 29.3 Å². The highest BCUT2D eigenvalue weighted by molar-refractivity contribution is 14.0. The molecule has 0 unspecified atom stereocenters. The van der Waals surface area contributed by atoms with Gasteiger partial charge in [-0.25, -0.2) is 0 Å². The Morgan fingerprint density at radius 3 is 2.30 bits per heavy atom. The summed E-state index contributed by atoms with van der Waals surface area (Å²) in [5.74, 6) is 0.665. The van der Waals surface area contributed by atoms with Gasteiger partial charge in [0, 0.05) is 41.6 Å². The van der Waals surface area contributed by atoms with Gasteiger partial charge in [-0.2, -0.15) is 11.8 Å². The zero-order valence-corrected chi connectivity index (χ0v) is 17.9. The van der Waals surface area contributed by atoms with Crippen molar-refractivity contribution in [2.75, 3.05) is 43.9 Å². The first kappa shape index (κ1) is 20.7. The summed E-state index contributed by atoms with van der Waals surface area (Å²) in [5.41, 5.74) is 7.36. The van der Waals surface area contributed by atoms with Gasteiger partial charge in [0.25, 0.3) is 0 Å². The van der Waals surface area contributed by atoms with E-state index in [-0.39, 0.29) is 28.7 Å². The van der Waals surface area contributed by atoms with Crippen molar-refractivity contribution < 1.29 is 0 Å². The predicted octanol–water partition coefficient (Wildman–Crippen LogP) is 3.54. The molecule has 4 nitrogen and oxygen atoms in total. The summed E-state index contributed by atoms with van der Waals surface area (Å²) >= 11 is 7.75. The van der Waals surface area contributed by atoms with Crippen LogP contribution in [0.3, 0.4) is 0 Å². The molecular formula is C16H26ClIN4S. The number of anilines is 1. The van der Waals surface area contributed by atoms with E-state index in [0.717, 1.165) is 37.7 Å². The Labute approximate surface area is 165 Å². The number of piperazine rings is 1. The Morgan fingerprint density at radius 2 is 1.78 bits per heavy atom. The Hall–Kier alpha value is -0.340. The third-order valence-electron chi connectivity index (χ3n) is 3.97. The number of thioether (sulfide) groups is 1. The van der Waals surface area contributed by atoms with Gasteiger partial charge in [0.1, 0.15) is 0 Å². The molecule has 2 rings (SSSR count). The van der Waals surface area contributed by atoms with Gasteiger partial charge in [-0.3, -0.25) is 4.99 Å². The first-order valence-electron chi connectivity index (χ1n) is 7.52. The lowest BCUT2D eigenvalue weighted by Crippen LogP contribution is -2.51. The largest absolute Gasteiger partial charge is 0.370 e. The summed E-state index contributed by atoms with van der Waals surface area (Å²) in [6.45, 7) is 8.82. The zero-order chi connectivity index (χ0) is 16.2. The number of guanidine groups is 1. The highest BCUT2D eigenvalue weighted by atomic mass is 127. The lowest BCUT2D eigenvalue weighted by Gasteiger charge is -2.36. The molecule has 0 radical (unpaired) electrons. The van der Waals surface area contributed by atoms with Gasteiger partial charge in [-0.1, -0.05) is 11.6 Å². The number of hydrogen-bond donors (Lipinski definition) is 1. The molecule has 1 aliphatic rings. The van der Waals surface area contributed by atoms with Crippen LogP contribution in [0.1, 0.15) is 13.8 Å². The third kappa shape index (κ3) is 6.23. The minimum Gasteiger partial charge on any atom is -0.370 e. The quantitative estimate of drug-likeness (QED) is 0.417. The van der Waals surface area contributed by atoms with Crippen LogP contribution in [-0.2, 0) is 0 Å². The van der Waals surface area contributed by atoms with Crippen LogP contribution in [0, 0.1) is 0 Å². The van der Waals surface area contributed by atoms with Gasteiger partial charge in [0.2, 0.25) is 0 Å². The number of halogens is 2. The molecule has 2 N–H and O–H groups in total. The molecule has 23 heavy (non-hydrogen) atoms.